The van der Waals surface area contributed by atoms with Crippen molar-refractivity contribution in [2.45, 2.75) is 71.7 Å². The van der Waals surface area contributed by atoms with E-state index < -0.39 is 8.07 Å². The quantitative estimate of drug-likeness (QED) is 0.301. The largest absolute Gasteiger partial charge is 0.360 e. The second-order valence-corrected chi connectivity index (χ2v) is 16.8. The zero-order valence-electron chi connectivity index (χ0n) is 21.6. The van der Waals surface area contributed by atoms with Gasteiger partial charge in [0, 0.05) is 34.0 Å². The van der Waals surface area contributed by atoms with E-state index in [2.05, 4.69) is 53.5 Å². The number of nitrogens with zero attached hydrogens (tertiary/aromatic N) is 7. The van der Waals surface area contributed by atoms with Crippen LogP contribution in [0.5, 0.6) is 0 Å². The molecule has 0 fully saturated rings. The number of hydrogen-bond acceptors (Lipinski definition) is 8. The fourth-order valence-corrected chi connectivity index (χ4v) is 5.73. The molecule has 4 heterocycles. The van der Waals surface area contributed by atoms with Crippen LogP contribution in [0.1, 0.15) is 27.2 Å². The molecule has 0 aromatic carbocycles. The van der Waals surface area contributed by atoms with Crippen molar-refractivity contribution >= 4 is 36.8 Å². The summed E-state index contributed by atoms with van der Waals surface area (Å²) in [5.74, 6) is 1.44. The van der Waals surface area contributed by atoms with Crippen molar-refractivity contribution in [2.24, 2.45) is 0 Å². The molecular weight excluding hydrogens is 478 g/mol. The molecule has 9 nitrogen and oxygen atoms in total. The molecule has 0 saturated heterocycles. The number of fused-ring (bicyclic) bond motifs is 1. The van der Waals surface area contributed by atoms with Crippen LogP contribution in [0.25, 0.3) is 22.1 Å². The number of likely N-dealkylation sites (N-methyl/N-ethyl adjacent to an activating group) is 1. The normalized spacial score (nSPS) is 16.3. The van der Waals surface area contributed by atoms with Gasteiger partial charge in [0.25, 0.3) is 0 Å². The average molecular weight is 514 g/mol. The first-order chi connectivity index (χ1) is 16.6. The van der Waals surface area contributed by atoms with E-state index in [1.807, 2.05) is 23.2 Å². The van der Waals surface area contributed by atoms with Crippen LogP contribution >= 0.6 is 11.3 Å². The predicted octanol–water partition coefficient (Wildman–Crippen LogP) is 4.75. The Morgan fingerprint density at radius 3 is 2.69 bits per heavy atom. The van der Waals surface area contributed by atoms with Crippen molar-refractivity contribution in [1.82, 2.24) is 24.7 Å². The molecule has 1 aliphatic heterocycles. The number of ether oxygens (including phenoxy) is 1. The van der Waals surface area contributed by atoms with E-state index in [0.29, 0.717) is 19.0 Å². The van der Waals surface area contributed by atoms with E-state index in [9.17, 15) is 4.79 Å². The minimum Gasteiger partial charge on any atom is -0.360 e. The third kappa shape index (κ3) is 5.17. The van der Waals surface area contributed by atoms with Gasteiger partial charge in [-0.3, -0.25) is 4.79 Å². The molecule has 1 amide bonds. The summed E-state index contributed by atoms with van der Waals surface area (Å²) in [5.41, 5.74) is 4.19. The molecule has 188 valence electrons. The van der Waals surface area contributed by atoms with E-state index in [0.717, 1.165) is 40.4 Å². The first kappa shape index (κ1) is 25.5. The minimum atomic E-state index is -1.15. The second-order valence-electron chi connectivity index (χ2n) is 10.3. The Bertz CT molecular complexity index is 1190. The van der Waals surface area contributed by atoms with Crippen LogP contribution in [-0.4, -0.2) is 64.5 Å². The van der Waals surface area contributed by atoms with Crippen LogP contribution in [0.2, 0.25) is 25.7 Å². The van der Waals surface area contributed by atoms with Crippen LogP contribution in [0.4, 0.5) is 11.5 Å². The lowest BCUT2D eigenvalue weighted by Crippen LogP contribution is -2.54. The Hall–Kier alpha value is -2.63. The summed E-state index contributed by atoms with van der Waals surface area (Å²) in [7, 11) is 0.642. The Kier molecular flexibility index (Phi) is 7.39. The molecule has 0 bridgehead atoms. The predicted molar refractivity (Wildman–Crippen MR) is 144 cm³/mol. The van der Waals surface area contributed by atoms with Gasteiger partial charge in [-0.15, -0.1) is 11.3 Å². The zero-order valence-corrected chi connectivity index (χ0v) is 23.5. The number of aromatic nitrogens is 5. The molecule has 4 rings (SSSR count). The van der Waals surface area contributed by atoms with Gasteiger partial charge < -0.3 is 14.5 Å². The van der Waals surface area contributed by atoms with Gasteiger partial charge in [-0.25, -0.2) is 19.6 Å². The maximum absolute atomic E-state index is 13.0. The molecule has 0 N–H and O–H groups in total. The van der Waals surface area contributed by atoms with Gasteiger partial charge in [-0.05, 0) is 32.4 Å². The lowest BCUT2D eigenvalue weighted by molar-refractivity contribution is -0.120. The Balaban J connectivity index is 1.66. The van der Waals surface area contributed by atoms with Crippen LogP contribution in [-0.2, 0) is 16.3 Å². The molecule has 0 spiro atoms. The van der Waals surface area contributed by atoms with Crippen LogP contribution in [0.15, 0.2) is 24.0 Å². The summed E-state index contributed by atoms with van der Waals surface area (Å²) in [6.45, 7) is 14.3. The van der Waals surface area contributed by atoms with Gasteiger partial charge in [0.1, 0.15) is 29.0 Å². The van der Waals surface area contributed by atoms with Gasteiger partial charge >= 0.3 is 0 Å². The minimum absolute atomic E-state index is 0.0709. The first-order valence-corrected chi connectivity index (χ1v) is 16.7. The summed E-state index contributed by atoms with van der Waals surface area (Å²) in [4.78, 5) is 31.9. The molecule has 0 unspecified atom stereocenters. The molecule has 35 heavy (non-hydrogen) atoms. The van der Waals surface area contributed by atoms with Crippen LogP contribution in [0.3, 0.4) is 0 Å². The lowest BCUT2D eigenvalue weighted by Gasteiger charge is -2.42. The average Bonchev–Trinajstić information content (AvgIpc) is 3.46. The molecule has 3 aromatic heterocycles. The highest BCUT2D eigenvalue weighted by molar-refractivity contribution is 7.13. The van der Waals surface area contributed by atoms with Gasteiger partial charge in [-0.1, -0.05) is 26.6 Å². The summed E-state index contributed by atoms with van der Waals surface area (Å²) >= 11 is 1.50. The molecular formula is C24H35N7O2SSi. The third-order valence-corrected chi connectivity index (χ3v) is 8.72. The van der Waals surface area contributed by atoms with E-state index in [-0.39, 0.29) is 18.0 Å². The van der Waals surface area contributed by atoms with E-state index in [4.69, 9.17) is 9.72 Å². The van der Waals surface area contributed by atoms with E-state index in [1.165, 1.54) is 11.3 Å². The maximum atomic E-state index is 13.0. The molecule has 1 aliphatic rings. The summed E-state index contributed by atoms with van der Waals surface area (Å²) < 4.78 is 7.77. The standard InChI is InChI=1S/C24H35N7O2SSi/c1-8-17-24(32)29(4)19-13-25-22(28-23(19)31(17)16(2)3)21-20(26-14-34-21)18-9-10-27-30(18)15-33-11-12-35(5,6)7/h9-10,13-14,16-17H,8,11-12,15H2,1-7H3/t17-/m1/s1. The fraction of sp³-hybridized carbons (Fsp3) is 0.542. The molecule has 1 atom stereocenters. The van der Waals surface area contributed by atoms with Gasteiger partial charge in [0.2, 0.25) is 5.91 Å². The highest BCUT2D eigenvalue weighted by Crippen LogP contribution is 2.39. The Morgan fingerprint density at radius 1 is 1.23 bits per heavy atom. The first-order valence-electron chi connectivity index (χ1n) is 12.1. The summed E-state index contributed by atoms with van der Waals surface area (Å²) in [6.07, 6.45) is 4.22. The molecule has 0 radical (unpaired) electrons. The lowest BCUT2D eigenvalue weighted by atomic mass is 10.1. The number of thiazole rings is 1. The number of rotatable bonds is 9. The van der Waals surface area contributed by atoms with Crippen molar-refractivity contribution in [3.63, 3.8) is 0 Å². The number of carbonyl (C=O) groups is 1. The molecule has 0 saturated carbocycles. The van der Waals surface area contributed by atoms with Crippen LogP contribution in [0, 0.1) is 0 Å². The fourth-order valence-electron chi connectivity index (χ4n) is 4.24. The van der Waals surface area contributed by atoms with Gasteiger partial charge in [0.15, 0.2) is 11.6 Å². The number of hydrogen-bond donors (Lipinski definition) is 0. The molecule has 11 heteroatoms. The second kappa shape index (κ2) is 10.2. The van der Waals surface area contributed by atoms with Crippen molar-refractivity contribution in [3.8, 4) is 22.1 Å². The summed E-state index contributed by atoms with van der Waals surface area (Å²) in [5, 5.41) is 4.46. The monoisotopic (exact) mass is 513 g/mol. The van der Waals surface area contributed by atoms with Gasteiger partial charge in [0.05, 0.1) is 17.4 Å². The smallest absolute Gasteiger partial charge is 0.249 e. The maximum Gasteiger partial charge on any atom is 0.249 e. The third-order valence-electron chi connectivity index (χ3n) is 6.19. The molecule has 0 aliphatic carbocycles. The highest BCUT2D eigenvalue weighted by atomic mass is 32.1. The molecule has 3 aromatic rings. The highest BCUT2D eigenvalue weighted by Gasteiger charge is 2.38. The Labute approximate surface area is 212 Å². The zero-order chi connectivity index (χ0) is 25.3. The summed E-state index contributed by atoms with van der Waals surface area (Å²) in [6, 6.07) is 2.93. The van der Waals surface area contributed by atoms with Crippen molar-refractivity contribution in [1.29, 1.82) is 0 Å². The van der Waals surface area contributed by atoms with Crippen molar-refractivity contribution in [2.75, 3.05) is 23.5 Å². The van der Waals surface area contributed by atoms with Gasteiger partial charge in [-0.2, -0.15) is 5.10 Å². The van der Waals surface area contributed by atoms with E-state index >= 15 is 0 Å². The van der Waals surface area contributed by atoms with Crippen LogP contribution < -0.4 is 9.80 Å². The SMILES string of the molecule is CC[C@@H]1C(=O)N(C)c2cnc(-c3scnc3-c3ccnn3COCC[Si](C)(C)C)nc2N1C(C)C. The van der Waals surface area contributed by atoms with Crippen molar-refractivity contribution in [3.05, 3.63) is 24.0 Å². The van der Waals surface area contributed by atoms with Crippen molar-refractivity contribution < 1.29 is 9.53 Å². The number of carbonyl (C=O) groups excluding carboxylic acids is 1. The number of anilines is 2. The number of amides is 1. The topological polar surface area (TPSA) is 89.3 Å². The Morgan fingerprint density at radius 2 is 2.00 bits per heavy atom. The van der Waals surface area contributed by atoms with E-state index in [1.54, 1.807) is 24.3 Å².